The first-order chi connectivity index (χ1) is 12.8. The molecule has 0 saturated heterocycles. The van der Waals surface area contributed by atoms with E-state index in [1.165, 1.54) is 0 Å². The summed E-state index contributed by atoms with van der Waals surface area (Å²) in [4.78, 5) is 37.4. The fourth-order valence-corrected chi connectivity index (χ4v) is 3.03. The van der Waals surface area contributed by atoms with E-state index in [1.54, 1.807) is 0 Å². The highest BCUT2D eigenvalue weighted by Crippen LogP contribution is 2.25. The molecule has 0 aliphatic heterocycles. The van der Waals surface area contributed by atoms with Gasteiger partial charge in [0.15, 0.2) is 0 Å². The Hall–Kier alpha value is -3.03. The van der Waals surface area contributed by atoms with E-state index in [0.717, 1.165) is 28.6 Å². The molecule has 0 bridgehead atoms. The molecule has 0 aliphatic rings. The third kappa shape index (κ3) is 5.73. The lowest BCUT2D eigenvalue weighted by atomic mass is 9.98. The van der Waals surface area contributed by atoms with Crippen molar-refractivity contribution in [2.75, 3.05) is 6.54 Å². The number of fused-ring (bicyclic) bond motifs is 1. The standard InChI is InChI=1S/C19H25N3O5/c1-11(2)9-15-13(12-5-3-4-6-14(12)21-15)10-16(18(24)25)22-17(23)7-8-20-19(26)27/h3-6,11,16,20-21H,7-10H2,1-2H3,(H,22,23)(H,24,25)(H,26,27)/t16-/m0/s1. The third-order valence-corrected chi connectivity index (χ3v) is 4.18. The van der Waals surface area contributed by atoms with Crippen LogP contribution < -0.4 is 10.6 Å². The van der Waals surface area contributed by atoms with Gasteiger partial charge in [-0.15, -0.1) is 0 Å². The fraction of sp³-hybridized carbons (Fsp3) is 0.421. The summed E-state index contributed by atoms with van der Waals surface area (Å²) in [5.41, 5.74) is 2.79. The zero-order valence-electron chi connectivity index (χ0n) is 15.4. The van der Waals surface area contributed by atoms with E-state index in [4.69, 9.17) is 5.11 Å². The smallest absolute Gasteiger partial charge is 0.404 e. The summed E-state index contributed by atoms with van der Waals surface area (Å²) in [7, 11) is 0. The zero-order chi connectivity index (χ0) is 20.0. The van der Waals surface area contributed by atoms with Crippen molar-refractivity contribution in [2.24, 2.45) is 5.92 Å². The third-order valence-electron chi connectivity index (χ3n) is 4.18. The van der Waals surface area contributed by atoms with Crippen LogP contribution in [0.15, 0.2) is 24.3 Å². The number of hydrogen-bond donors (Lipinski definition) is 5. The summed E-state index contributed by atoms with van der Waals surface area (Å²) in [5, 5.41) is 23.6. The van der Waals surface area contributed by atoms with Crippen molar-refractivity contribution < 1.29 is 24.6 Å². The molecule has 1 aromatic carbocycles. The van der Waals surface area contributed by atoms with E-state index < -0.39 is 24.0 Å². The van der Waals surface area contributed by atoms with Gasteiger partial charge in [0, 0.05) is 36.0 Å². The van der Waals surface area contributed by atoms with Gasteiger partial charge in [0.2, 0.25) is 5.91 Å². The van der Waals surface area contributed by atoms with Gasteiger partial charge in [-0.3, -0.25) is 4.79 Å². The SMILES string of the molecule is CC(C)Cc1[nH]c2ccccc2c1C[C@H](NC(=O)CCNC(=O)O)C(=O)O. The monoisotopic (exact) mass is 375 g/mol. The molecular formula is C19H25N3O5. The summed E-state index contributed by atoms with van der Waals surface area (Å²) in [5.74, 6) is -1.26. The minimum absolute atomic E-state index is 0.0702. The average molecular weight is 375 g/mol. The Balaban J connectivity index is 2.19. The topological polar surface area (TPSA) is 132 Å². The Labute approximate surface area is 157 Å². The van der Waals surface area contributed by atoms with Crippen LogP contribution in [0.1, 0.15) is 31.5 Å². The van der Waals surface area contributed by atoms with Crippen molar-refractivity contribution in [1.29, 1.82) is 0 Å². The van der Waals surface area contributed by atoms with Gasteiger partial charge in [0.05, 0.1) is 0 Å². The minimum atomic E-state index is -1.23. The van der Waals surface area contributed by atoms with Gasteiger partial charge in [-0.1, -0.05) is 32.0 Å². The minimum Gasteiger partial charge on any atom is -0.480 e. The van der Waals surface area contributed by atoms with Gasteiger partial charge in [-0.05, 0) is 24.0 Å². The predicted octanol–water partition coefficient (Wildman–Crippen LogP) is 2.14. The number of nitrogens with one attached hydrogen (secondary N) is 3. The average Bonchev–Trinajstić information content (AvgIpc) is 2.90. The van der Waals surface area contributed by atoms with Crippen LogP contribution in [-0.2, 0) is 22.4 Å². The van der Waals surface area contributed by atoms with E-state index in [0.29, 0.717) is 5.92 Å². The number of rotatable bonds is 9. The fourth-order valence-electron chi connectivity index (χ4n) is 3.03. The molecule has 2 amide bonds. The molecule has 0 saturated carbocycles. The van der Waals surface area contributed by atoms with Crippen LogP contribution in [0.4, 0.5) is 4.79 Å². The van der Waals surface area contributed by atoms with Crippen LogP contribution in [0.2, 0.25) is 0 Å². The lowest BCUT2D eigenvalue weighted by Crippen LogP contribution is -2.43. The van der Waals surface area contributed by atoms with Gasteiger partial charge >= 0.3 is 12.1 Å². The van der Waals surface area contributed by atoms with E-state index in [1.807, 2.05) is 24.3 Å². The maximum Gasteiger partial charge on any atom is 0.404 e. The van der Waals surface area contributed by atoms with Crippen molar-refractivity contribution in [3.8, 4) is 0 Å². The summed E-state index contributed by atoms with van der Waals surface area (Å²) < 4.78 is 0. The van der Waals surface area contributed by atoms with Crippen LogP contribution >= 0.6 is 0 Å². The molecule has 1 heterocycles. The van der Waals surface area contributed by atoms with E-state index in [-0.39, 0.29) is 19.4 Å². The first-order valence-corrected chi connectivity index (χ1v) is 8.85. The summed E-state index contributed by atoms with van der Waals surface area (Å²) >= 11 is 0. The molecule has 27 heavy (non-hydrogen) atoms. The normalized spacial score (nSPS) is 12.1. The second kappa shape index (κ2) is 9.07. The second-order valence-corrected chi connectivity index (χ2v) is 6.87. The van der Waals surface area contributed by atoms with E-state index in [2.05, 4.69) is 29.5 Å². The lowest BCUT2D eigenvalue weighted by Gasteiger charge is -2.16. The number of aliphatic carboxylic acids is 1. The molecule has 2 aromatic rings. The molecule has 0 fully saturated rings. The quantitative estimate of drug-likeness (QED) is 0.458. The highest BCUT2D eigenvalue weighted by Gasteiger charge is 2.24. The van der Waals surface area contributed by atoms with Crippen molar-refractivity contribution in [3.63, 3.8) is 0 Å². The summed E-state index contributed by atoms with van der Waals surface area (Å²) in [6.45, 7) is 4.10. The number of aromatic nitrogens is 1. The number of H-pyrrole nitrogens is 1. The largest absolute Gasteiger partial charge is 0.480 e. The van der Waals surface area contributed by atoms with Crippen molar-refractivity contribution in [3.05, 3.63) is 35.5 Å². The summed E-state index contributed by atoms with van der Waals surface area (Å²) in [6, 6.07) is 6.59. The number of aromatic amines is 1. The molecule has 0 spiro atoms. The molecule has 146 valence electrons. The predicted molar refractivity (Wildman–Crippen MR) is 101 cm³/mol. The van der Waals surface area contributed by atoms with Crippen LogP contribution in [-0.4, -0.2) is 45.8 Å². The molecular weight excluding hydrogens is 350 g/mol. The molecule has 5 N–H and O–H groups in total. The molecule has 1 atom stereocenters. The Morgan fingerprint density at radius 2 is 1.81 bits per heavy atom. The maximum atomic E-state index is 12.0. The Morgan fingerprint density at radius 1 is 1.11 bits per heavy atom. The van der Waals surface area contributed by atoms with Crippen molar-refractivity contribution in [2.45, 2.75) is 39.2 Å². The molecule has 0 aliphatic carbocycles. The molecule has 1 aromatic heterocycles. The number of benzene rings is 1. The zero-order valence-corrected chi connectivity index (χ0v) is 15.4. The van der Waals surface area contributed by atoms with Crippen LogP contribution in [0.25, 0.3) is 10.9 Å². The lowest BCUT2D eigenvalue weighted by molar-refractivity contribution is -0.141. The molecule has 8 heteroatoms. The number of para-hydroxylation sites is 1. The number of carbonyl (C=O) groups is 3. The van der Waals surface area contributed by atoms with Gasteiger partial charge in [0.25, 0.3) is 0 Å². The Kier molecular flexibility index (Phi) is 6.81. The van der Waals surface area contributed by atoms with Gasteiger partial charge in [-0.25, -0.2) is 9.59 Å². The van der Waals surface area contributed by atoms with Gasteiger partial charge in [0.1, 0.15) is 6.04 Å². The van der Waals surface area contributed by atoms with Gasteiger partial charge < -0.3 is 25.8 Å². The maximum absolute atomic E-state index is 12.0. The molecule has 8 nitrogen and oxygen atoms in total. The number of hydrogen-bond acceptors (Lipinski definition) is 3. The molecule has 0 radical (unpaired) electrons. The first kappa shape index (κ1) is 20.3. The van der Waals surface area contributed by atoms with Crippen molar-refractivity contribution >= 4 is 28.9 Å². The number of carboxylic acids is 1. The van der Waals surface area contributed by atoms with Crippen LogP contribution in [0.5, 0.6) is 0 Å². The number of carboxylic acid groups (broad SMARTS) is 2. The van der Waals surface area contributed by atoms with Crippen molar-refractivity contribution in [1.82, 2.24) is 15.6 Å². The Bertz CT molecular complexity index is 828. The number of carbonyl (C=O) groups excluding carboxylic acids is 1. The van der Waals surface area contributed by atoms with Crippen LogP contribution in [0.3, 0.4) is 0 Å². The first-order valence-electron chi connectivity index (χ1n) is 8.85. The number of amides is 2. The molecule has 0 unspecified atom stereocenters. The Morgan fingerprint density at radius 3 is 2.44 bits per heavy atom. The second-order valence-electron chi connectivity index (χ2n) is 6.87. The molecule has 2 rings (SSSR count). The van der Waals surface area contributed by atoms with E-state index in [9.17, 15) is 19.5 Å². The highest BCUT2D eigenvalue weighted by molar-refractivity contribution is 5.87. The van der Waals surface area contributed by atoms with Crippen LogP contribution in [0, 0.1) is 5.92 Å². The van der Waals surface area contributed by atoms with E-state index >= 15 is 0 Å². The summed E-state index contributed by atoms with van der Waals surface area (Å²) in [6.07, 6.45) is -0.426. The highest BCUT2D eigenvalue weighted by atomic mass is 16.4. The van der Waals surface area contributed by atoms with Gasteiger partial charge in [-0.2, -0.15) is 0 Å².